The van der Waals surface area contributed by atoms with Gasteiger partial charge in [-0.2, -0.15) is 0 Å². The molecule has 1 aliphatic rings. The van der Waals surface area contributed by atoms with E-state index < -0.39 is 11.2 Å². The van der Waals surface area contributed by atoms with Crippen molar-refractivity contribution in [1.82, 2.24) is 10.4 Å². The third-order valence-electron chi connectivity index (χ3n) is 3.00. The molecule has 0 atom stereocenters. The van der Waals surface area contributed by atoms with Crippen LogP contribution in [0.25, 0.3) is 0 Å². The van der Waals surface area contributed by atoms with Crippen LogP contribution in [0.15, 0.2) is 10.7 Å². The molecule has 1 radical (unpaired) electrons. The summed E-state index contributed by atoms with van der Waals surface area (Å²) in [5.74, 6) is -0.115. The van der Waals surface area contributed by atoms with Crippen molar-refractivity contribution < 1.29 is 10.0 Å². The maximum atomic E-state index is 12.1. The van der Waals surface area contributed by atoms with Gasteiger partial charge in [0.2, 0.25) is 0 Å². The highest BCUT2D eigenvalue weighted by Crippen LogP contribution is 2.38. The van der Waals surface area contributed by atoms with Crippen LogP contribution in [-0.4, -0.2) is 22.0 Å². The van der Waals surface area contributed by atoms with Gasteiger partial charge >= 0.3 is 0 Å². The van der Waals surface area contributed by atoms with Crippen molar-refractivity contribution in [2.45, 2.75) is 58.7 Å². The summed E-state index contributed by atoms with van der Waals surface area (Å²) in [4.78, 5) is 11.8. The zero-order valence-electron chi connectivity index (χ0n) is 11.1. The highest BCUT2D eigenvalue weighted by molar-refractivity contribution is 6.43. The third-order valence-corrected chi connectivity index (χ3v) is 3.40. The first-order chi connectivity index (χ1) is 7.64. The standard InChI is InChI=1S/C12H20ClN2O2/c1-6-7-8(16)9(13)10-11(2,3)15(17)12(4,5)14-10/h14H,6-7H2,1-5H3/b10-9-. The van der Waals surface area contributed by atoms with Gasteiger partial charge in [0, 0.05) is 6.42 Å². The minimum absolute atomic E-state index is 0.115. The van der Waals surface area contributed by atoms with Crippen LogP contribution in [0.5, 0.6) is 0 Å². The van der Waals surface area contributed by atoms with Gasteiger partial charge in [0.1, 0.15) is 10.7 Å². The van der Waals surface area contributed by atoms with Gasteiger partial charge in [-0.05, 0) is 34.1 Å². The first-order valence-electron chi connectivity index (χ1n) is 5.83. The average Bonchev–Trinajstić information content (AvgIpc) is 2.38. The Morgan fingerprint density at radius 3 is 2.24 bits per heavy atom. The van der Waals surface area contributed by atoms with E-state index in [1.807, 2.05) is 6.92 Å². The van der Waals surface area contributed by atoms with Crippen LogP contribution in [0.3, 0.4) is 0 Å². The topological polar surface area (TPSA) is 52.2 Å². The minimum atomic E-state index is -0.802. The molecule has 0 saturated carbocycles. The number of carbonyl (C=O) groups excluding carboxylic acids is 1. The molecule has 1 N–H and O–H groups in total. The molecule has 17 heavy (non-hydrogen) atoms. The van der Waals surface area contributed by atoms with E-state index in [0.29, 0.717) is 12.1 Å². The summed E-state index contributed by atoms with van der Waals surface area (Å²) in [7, 11) is 0. The van der Waals surface area contributed by atoms with E-state index in [-0.39, 0.29) is 10.8 Å². The molecule has 0 amide bonds. The van der Waals surface area contributed by atoms with Crippen LogP contribution < -0.4 is 5.32 Å². The number of nitrogens with one attached hydrogen (secondary N) is 1. The number of ketones is 1. The van der Waals surface area contributed by atoms with Gasteiger partial charge in [-0.3, -0.25) is 4.79 Å². The first-order valence-corrected chi connectivity index (χ1v) is 6.21. The van der Waals surface area contributed by atoms with Gasteiger partial charge in [0.05, 0.1) is 11.2 Å². The highest BCUT2D eigenvalue weighted by atomic mass is 35.5. The van der Waals surface area contributed by atoms with Crippen LogP contribution in [0.2, 0.25) is 0 Å². The summed E-state index contributed by atoms with van der Waals surface area (Å²) < 4.78 is 0. The van der Waals surface area contributed by atoms with E-state index in [9.17, 15) is 10.0 Å². The van der Waals surface area contributed by atoms with Gasteiger partial charge < -0.3 is 5.32 Å². The Bertz CT molecular complexity index is 362. The number of hydrogen-bond acceptors (Lipinski definition) is 3. The van der Waals surface area contributed by atoms with Crippen molar-refractivity contribution in [3.05, 3.63) is 10.7 Å². The van der Waals surface area contributed by atoms with E-state index in [0.717, 1.165) is 11.5 Å². The van der Waals surface area contributed by atoms with Crippen molar-refractivity contribution in [2.24, 2.45) is 0 Å². The van der Waals surface area contributed by atoms with Crippen LogP contribution >= 0.6 is 11.6 Å². The van der Waals surface area contributed by atoms with E-state index in [2.05, 4.69) is 5.32 Å². The molecule has 0 aromatic carbocycles. The fourth-order valence-corrected chi connectivity index (χ4v) is 2.48. The number of hydroxylamine groups is 2. The average molecular weight is 260 g/mol. The Balaban J connectivity index is 3.15. The predicted octanol–water partition coefficient (Wildman–Crippen LogP) is 2.57. The molecule has 1 rings (SSSR count). The van der Waals surface area contributed by atoms with Gasteiger partial charge in [-0.25, -0.2) is 0 Å². The number of carbonyl (C=O) groups is 1. The molecule has 0 bridgehead atoms. The van der Waals surface area contributed by atoms with Gasteiger partial charge in [0.15, 0.2) is 5.78 Å². The Morgan fingerprint density at radius 1 is 1.35 bits per heavy atom. The minimum Gasteiger partial charge on any atom is -0.366 e. The summed E-state index contributed by atoms with van der Waals surface area (Å²) in [5, 5.41) is 16.2. The summed E-state index contributed by atoms with van der Waals surface area (Å²) >= 11 is 6.10. The zero-order chi connectivity index (χ0) is 13.4. The molecule has 0 aliphatic carbocycles. The normalized spacial score (nSPS) is 25.6. The second-order valence-corrected chi connectivity index (χ2v) is 5.78. The highest BCUT2D eigenvalue weighted by Gasteiger charge is 2.50. The van der Waals surface area contributed by atoms with Crippen LogP contribution in [0.1, 0.15) is 47.5 Å². The largest absolute Gasteiger partial charge is 0.366 e. The maximum Gasteiger partial charge on any atom is 0.176 e. The fraction of sp³-hybridized carbons (Fsp3) is 0.750. The van der Waals surface area contributed by atoms with Gasteiger partial charge in [0.25, 0.3) is 0 Å². The summed E-state index contributed by atoms with van der Waals surface area (Å²) in [6, 6.07) is 0. The van der Waals surface area contributed by atoms with Gasteiger partial charge in [-0.15, -0.1) is 10.3 Å². The lowest BCUT2D eigenvalue weighted by atomic mass is 10.00. The van der Waals surface area contributed by atoms with Crippen molar-refractivity contribution in [3.8, 4) is 0 Å². The summed E-state index contributed by atoms with van der Waals surface area (Å²) in [6.45, 7) is 8.98. The van der Waals surface area contributed by atoms with Crippen LogP contribution in [0.4, 0.5) is 0 Å². The smallest absolute Gasteiger partial charge is 0.176 e. The number of hydrogen-bond donors (Lipinski definition) is 1. The first kappa shape index (κ1) is 14.5. The van der Waals surface area contributed by atoms with Crippen LogP contribution in [0, 0.1) is 0 Å². The summed E-state index contributed by atoms with van der Waals surface area (Å²) in [5.41, 5.74) is -1.02. The Kier molecular flexibility index (Phi) is 3.91. The number of nitrogens with zero attached hydrogens (tertiary/aromatic N) is 1. The summed E-state index contributed by atoms with van der Waals surface area (Å²) in [6.07, 6.45) is 1.15. The number of allylic oxidation sites excluding steroid dienone is 1. The second kappa shape index (κ2) is 4.59. The van der Waals surface area contributed by atoms with Gasteiger partial charge in [-0.1, -0.05) is 18.5 Å². The van der Waals surface area contributed by atoms with Crippen molar-refractivity contribution >= 4 is 17.4 Å². The van der Waals surface area contributed by atoms with Crippen molar-refractivity contribution in [1.29, 1.82) is 0 Å². The van der Waals surface area contributed by atoms with E-state index in [1.165, 1.54) is 0 Å². The molecule has 0 spiro atoms. The quantitative estimate of drug-likeness (QED) is 0.793. The predicted molar refractivity (Wildman–Crippen MR) is 66.6 cm³/mol. The lowest BCUT2D eigenvalue weighted by Crippen LogP contribution is -2.47. The van der Waals surface area contributed by atoms with E-state index >= 15 is 0 Å². The Labute approximate surface area is 108 Å². The maximum absolute atomic E-state index is 12.1. The lowest BCUT2D eigenvalue weighted by molar-refractivity contribution is -0.243. The molecular formula is C12H20ClN2O2. The number of Topliss-reactive ketones (excluding diaryl/α,β-unsaturated/α-hetero) is 1. The van der Waals surface area contributed by atoms with Crippen molar-refractivity contribution in [2.75, 3.05) is 0 Å². The molecule has 0 aromatic rings. The second-order valence-electron chi connectivity index (χ2n) is 5.40. The monoisotopic (exact) mass is 259 g/mol. The molecule has 1 fully saturated rings. The molecule has 1 saturated heterocycles. The molecule has 0 aromatic heterocycles. The molecule has 1 aliphatic heterocycles. The lowest BCUT2D eigenvalue weighted by Gasteiger charge is -2.29. The zero-order valence-corrected chi connectivity index (χ0v) is 11.8. The van der Waals surface area contributed by atoms with Crippen LogP contribution in [-0.2, 0) is 10.0 Å². The molecular weight excluding hydrogens is 240 g/mol. The molecule has 4 nitrogen and oxygen atoms in total. The van der Waals surface area contributed by atoms with E-state index in [1.54, 1.807) is 27.7 Å². The van der Waals surface area contributed by atoms with Crippen molar-refractivity contribution in [3.63, 3.8) is 0 Å². The SMILES string of the molecule is CCCC(=O)/C(Cl)=C1/NC(C)(C)N([O])C1(C)C. The Hall–Kier alpha value is -0.580. The molecule has 5 heteroatoms. The molecule has 97 valence electrons. The number of halogens is 1. The fourth-order valence-electron chi connectivity index (χ4n) is 2.11. The molecule has 0 unspecified atom stereocenters. The number of rotatable bonds is 3. The van der Waals surface area contributed by atoms with E-state index in [4.69, 9.17) is 11.6 Å². The third kappa shape index (κ3) is 2.49. The molecule has 1 heterocycles. The Morgan fingerprint density at radius 2 is 1.88 bits per heavy atom.